The average molecular weight is 274 g/mol. The van der Waals surface area contributed by atoms with Crippen LogP contribution in [0.3, 0.4) is 0 Å². The molecule has 0 bridgehead atoms. The van der Waals surface area contributed by atoms with Crippen LogP contribution in [0, 0.1) is 0 Å². The Hall–Kier alpha value is -0.886. The van der Waals surface area contributed by atoms with E-state index in [1.165, 1.54) is 0 Å². The largest absolute Gasteiger partial charge is 0.481 e. The van der Waals surface area contributed by atoms with Crippen LogP contribution >= 0.6 is 0 Å². The number of rotatable bonds is 5. The summed E-state index contributed by atoms with van der Waals surface area (Å²) in [5, 5.41) is 18.8. The van der Waals surface area contributed by atoms with Gasteiger partial charge < -0.3 is 10.2 Å². The quantitative estimate of drug-likeness (QED) is 0.597. The van der Waals surface area contributed by atoms with Gasteiger partial charge in [0, 0.05) is 5.57 Å². The fourth-order valence-corrected chi connectivity index (χ4v) is 15.3. The van der Waals surface area contributed by atoms with Crippen molar-refractivity contribution in [3.8, 4) is 0 Å². The number of carboxylic acid groups (broad SMARTS) is 2. The van der Waals surface area contributed by atoms with E-state index in [0.29, 0.717) is 0 Å². The minimum absolute atomic E-state index is 0.150. The molecule has 0 atom stereocenters. The molecule has 0 aliphatic rings. The summed E-state index contributed by atoms with van der Waals surface area (Å²) < 4.78 is -1.24. The Balaban J connectivity index is 6.26. The van der Waals surface area contributed by atoms with E-state index in [9.17, 15) is 19.8 Å². The van der Waals surface area contributed by atoms with Crippen LogP contribution in [0.25, 0.3) is 0 Å². The molecule has 0 rings (SSSR count). The Morgan fingerprint density at radius 3 is 1.29 bits per heavy atom. The topological polar surface area (TPSA) is 74.6 Å². The van der Waals surface area contributed by atoms with Gasteiger partial charge >= 0.3 is 11.9 Å². The van der Waals surface area contributed by atoms with Crippen LogP contribution < -0.4 is 0 Å². The molecule has 0 saturated carbocycles. The first-order valence-corrected chi connectivity index (χ1v) is 12.5. The first-order valence-electron chi connectivity index (χ1n) is 5.46. The van der Waals surface area contributed by atoms with Crippen molar-refractivity contribution in [2.45, 2.75) is 43.9 Å². The number of hydrogen-bond acceptors (Lipinski definition) is 2. The second-order valence-corrected chi connectivity index (χ2v) is 17.3. The molecule has 0 aromatic carbocycles. The van der Waals surface area contributed by atoms with Gasteiger partial charge in [-0.05, 0) is 0 Å². The second-order valence-electron chi connectivity index (χ2n) is 6.34. The van der Waals surface area contributed by atoms with Gasteiger partial charge in [-0.25, -0.2) is 4.79 Å². The molecule has 0 aliphatic carbocycles. The minimum Gasteiger partial charge on any atom is -0.481 e. The fraction of sp³-hybridized carbons (Fsp3) is 0.636. The SMILES string of the molecule is C=C(C(=O)O)C(C(=O)O)([Si](C)(C)C)[Si](C)(C)C. The third kappa shape index (κ3) is 2.37. The third-order valence-electron chi connectivity index (χ3n) is 3.28. The molecule has 0 aliphatic heterocycles. The summed E-state index contributed by atoms with van der Waals surface area (Å²) in [6.45, 7) is 14.9. The maximum absolute atomic E-state index is 11.8. The molecule has 0 saturated heterocycles. The summed E-state index contributed by atoms with van der Waals surface area (Å²) in [5.41, 5.74) is -0.150. The summed E-state index contributed by atoms with van der Waals surface area (Å²) in [6.07, 6.45) is 0. The number of hydrogen-bond donors (Lipinski definition) is 2. The molecule has 0 radical (unpaired) electrons. The Bertz CT molecular complexity index is 347. The normalized spacial score (nSPS) is 13.3. The van der Waals surface area contributed by atoms with Crippen LogP contribution in [-0.2, 0) is 9.59 Å². The van der Waals surface area contributed by atoms with Crippen LogP contribution in [0.5, 0.6) is 0 Å². The lowest BCUT2D eigenvalue weighted by atomic mass is 10.2. The smallest absolute Gasteiger partial charge is 0.331 e. The van der Waals surface area contributed by atoms with Crippen LogP contribution in [-0.4, -0.2) is 38.3 Å². The molecule has 0 aromatic rings. The van der Waals surface area contributed by atoms with Crippen molar-refractivity contribution in [3.63, 3.8) is 0 Å². The van der Waals surface area contributed by atoms with E-state index in [0.717, 1.165) is 0 Å². The maximum Gasteiger partial charge on any atom is 0.331 e. The van der Waals surface area contributed by atoms with E-state index in [2.05, 4.69) is 6.58 Å². The zero-order valence-electron chi connectivity index (χ0n) is 11.4. The summed E-state index contributed by atoms with van der Waals surface area (Å²) >= 11 is 0. The standard InChI is InChI=1S/C11H22O4Si2/c1-8(9(12)13)11(10(14)15,16(2,3)4)17(5,6)7/h1H2,2-7H3,(H,12,13)(H,14,15). The van der Waals surface area contributed by atoms with Gasteiger partial charge in [0.1, 0.15) is 0 Å². The van der Waals surface area contributed by atoms with Gasteiger partial charge in [-0.2, -0.15) is 0 Å². The Morgan fingerprint density at radius 1 is 0.941 bits per heavy atom. The van der Waals surface area contributed by atoms with Crippen molar-refractivity contribution in [1.82, 2.24) is 0 Å². The first-order chi connectivity index (χ1) is 7.30. The van der Waals surface area contributed by atoms with E-state index >= 15 is 0 Å². The predicted octanol–water partition coefficient (Wildman–Crippen LogP) is 2.67. The molecule has 0 spiro atoms. The molecule has 0 fully saturated rings. The van der Waals surface area contributed by atoms with Crippen molar-refractivity contribution in [3.05, 3.63) is 12.2 Å². The highest BCUT2D eigenvalue weighted by molar-refractivity contribution is 7.03. The Morgan fingerprint density at radius 2 is 1.24 bits per heavy atom. The number of aliphatic carboxylic acids is 2. The third-order valence-corrected chi connectivity index (χ3v) is 13.3. The van der Waals surface area contributed by atoms with Gasteiger partial charge in [0.2, 0.25) is 0 Å². The Labute approximate surface area is 104 Å². The lowest BCUT2D eigenvalue weighted by molar-refractivity contribution is -0.141. The zero-order valence-corrected chi connectivity index (χ0v) is 13.4. The van der Waals surface area contributed by atoms with E-state index in [4.69, 9.17) is 0 Å². The van der Waals surface area contributed by atoms with Crippen LogP contribution in [0.15, 0.2) is 12.2 Å². The van der Waals surface area contributed by atoms with Gasteiger partial charge in [0.05, 0.1) is 20.8 Å². The molecular formula is C11H22O4Si2. The summed E-state index contributed by atoms with van der Waals surface area (Å²) in [5.74, 6) is -2.22. The van der Waals surface area contributed by atoms with Gasteiger partial charge in [-0.1, -0.05) is 45.9 Å². The summed E-state index contributed by atoms with van der Waals surface area (Å²) in [4.78, 5) is 23.0. The average Bonchev–Trinajstić information content (AvgIpc) is 1.97. The van der Waals surface area contributed by atoms with Crippen molar-refractivity contribution in [2.24, 2.45) is 0 Å². The van der Waals surface area contributed by atoms with Crippen LogP contribution in [0.1, 0.15) is 0 Å². The van der Waals surface area contributed by atoms with E-state index in [1.54, 1.807) is 0 Å². The molecule has 0 aromatic heterocycles. The van der Waals surface area contributed by atoms with Crippen molar-refractivity contribution in [2.75, 3.05) is 0 Å². The lowest BCUT2D eigenvalue weighted by Crippen LogP contribution is -2.60. The zero-order chi connectivity index (χ0) is 14.2. The minimum atomic E-state index is -2.28. The molecule has 4 nitrogen and oxygen atoms in total. The molecule has 0 heterocycles. The van der Waals surface area contributed by atoms with Crippen LogP contribution in [0.2, 0.25) is 43.9 Å². The Kier molecular flexibility index (Phi) is 4.18. The highest BCUT2D eigenvalue weighted by Gasteiger charge is 2.61. The van der Waals surface area contributed by atoms with E-state index < -0.39 is 32.7 Å². The summed E-state index contributed by atoms with van der Waals surface area (Å²) in [6, 6.07) is 0. The van der Waals surface area contributed by atoms with Gasteiger partial charge in [-0.3, -0.25) is 4.79 Å². The summed E-state index contributed by atoms with van der Waals surface area (Å²) in [7, 11) is -4.56. The van der Waals surface area contributed by atoms with Gasteiger partial charge in [0.25, 0.3) is 0 Å². The monoisotopic (exact) mass is 274 g/mol. The second kappa shape index (κ2) is 4.41. The number of carbonyl (C=O) groups is 2. The molecule has 0 amide bonds. The fourth-order valence-electron chi connectivity index (χ4n) is 2.96. The molecular weight excluding hydrogens is 252 g/mol. The molecule has 6 heteroatoms. The van der Waals surface area contributed by atoms with E-state index in [-0.39, 0.29) is 5.57 Å². The van der Waals surface area contributed by atoms with Crippen molar-refractivity contribution >= 4 is 28.1 Å². The van der Waals surface area contributed by atoms with Crippen LogP contribution in [0.4, 0.5) is 0 Å². The van der Waals surface area contributed by atoms with Crippen molar-refractivity contribution in [1.29, 1.82) is 0 Å². The van der Waals surface area contributed by atoms with Gasteiger partial charge in [-0.15, -0.1) is 0 Å². The highest BCUT2D eigenvalue weighted by atomic mass is 28.4. The van der Waals surface area contributed by atoms with E-state index in [1.807, 2.05) is 39.3 Å². The van der Waals surface area contributed by atoms with Gasteiger partial charge in [0.15, 0.2) is 0 Å². The molecule has 98 valence electrons. The maximum atomic E-state index is 11.8. The van der Waals surface area contributed by atoms with Crippen molar-refractivity contribution < 1.29 is 19.8 Å². The highest BCUT2D eigenvalue weighted by Crippen LogP contribution is 2.52. The first kappa shape index (κ1) is 16.1. The molecule has 0 unspecified atom stereocenters. The molecule has 17 heavy (non-hydrogen) atoms. The molecule has 2 N–H and O–H groups in total. The predicted molar refractivity (Wildman–Crippen MR) is 73.8 cm³/mol. The lowest BCUT2D eigenvalue weighted by Gasteiger charge is -2.48. The number of carboxylic acids is 2.